The number of carbonyl (C=O) groups is 1. The molecule has 8 atom stereocenters. The van der Waals surface area contributed by atoms with Crippen LogP contribution in [0.2, 0.25) is 0 Å². The van der Waals surface area contributed by atoms with Gasteiger partial charge in [0.15, 0.2) is 0 Å². The molecule has 0 bridgehead atoms. The molecule has 3 nitrogen and oxygen atoms in total. The summed E-state index contributed by atoms with van der Waals surface area (Å²) < 4.78 is 5.29. The van der Waals surface area contributed by atoms with Crippen LogP contribution in [0.25, 0.3) is 0 Å². The minimum atomic E-state index is -0.584. The molecule has 0 heterocycles. The van der Waals surface area contributed by atoms with Crippen molar-refractivity contribution in [3.8, 4) is 0 Å². The third-order valence-corrected chi connectivity index (χ3v) is 9.01. The van der Waals surface area contributed by atoms with E-state index in [-0.39, 0.29) is 5.41 Å². The van der Waals surface area contributed by atoms with Crippen molar-refractivity contribution in [2.24, 2.45) is 40.9 Å². The molecule has 4 rings (SSSR count). The van der Waals surface area contributed by atoms with E-state index >= 15 is 0 Å². The molecule has 142 valence electrons. The fraction of sp³-hybridized carbons (Fsp3) is 0.955. The van der Waals surface area contributed by atoms with Crippen LogP contribution in [-0.4, -0.2) is 30.2 Å². The molecule has 0 unspecified atom stereocenters. The Morgan fingerprint density at radius 3 is 2.52 bits per heavy atom. The molecule has 25 heavy (non-hydrogen) atoms. The highest BCUT2D eigenvalue weighted by Gasteiger charge is 2.58. The summed E-state index contributed by atoms with van der Waals surface area (Å²) in [6.07, 6.45) is 10.6. The zero-order valence-corrected chi connectivity index (χ0v) is 16.3. The molecule has 4 saturated carbocycles. The van der Waals surface area contributed by atoms with Gasteiger partial charge in [-0.2, -0.15) is 0 Å². The second-order valence-corrected chi connectivity index (χ2v) is 10.1. The van der Waals surface area contributed by atoms with Crippen molar-refractivity contribution in [3.63, 3.8) is 0 Å². The molecule has 0 spiro atoms. The lowest BCUT2D eigenvalue weighted by molar-refractivity contribution is -0.134. The molecule has 0 radical (unpaired) electrons. The van der Waals surface area contributed by atoms with Gasteiger partial charge in [0, 0.05) is 13.0 Å². The van der Waals surface area contributed by atoms with Crippen LogP contribution in [0.1, 0.15) is 71.6 Å². The molecule has 0 amide bonds. The molecule has 0 aromatic heterocycles. The number of hydrogen-bond donors (Lipinski definition) is 1. The number of fused-ring (bicyclic) bond motifs is 5. The van der Waals surface area contributed by atoms with Gasteiger partial charge in [0.2, 0.25) is 0 Å². The molecule has 0 aromatic rings. The lowest BCUT2D eigenvalue weighted by Crippen LogP contribution is -2.52. The summed E-state index contributed by atoms with van der Waals surface area (Å²) in [5.74, 6) is 4.67. The number of aliphatic hydroxyl groups is 1. The van der Waals surface area contributed by atoms with Gasteiger partial charge in [0.05, 0.1) is 12.2 Å². The smallest absolute Gasteiger partial charge is 0.133 e. The predicted octanol–water partition coefficient (Wildman–Crippen LogP) is 4.22. The number of ether oxygens (including phenoxy) is 1. The van der Waals surface area contributed by atoms with E-state index in [1.807, 2.05) is 6.92 Å². The average molecular weight is 349 g/mol. The minimum Gasteiger partial charge on any atom is -0.387 e. The van der Waals surface area contributed by atoms with Crippen molar-refractivity contribution in [3.05, 3.63) is 0 Å². The Bertz CT molecular complexity index is 531. The fourth-order valence-corrected chi connectivity index (χ4v) is 8.03. The van der Waals surface area contributed by atoms with Crippen molar-refractivity contribution in [1.82, 2.24) is 0 Å². The SMILES string of the molecule is COC[C@@]1(O)CC[C@H]2[C@H](CC[C@@H]3[C@@H]2CC[C@]2(C)[C@@H](C(C)=O)CC[C@@H]32)C1. The number of Topliss-reactive ketones (excluding diaryl/α,β-unsaturated/α-hetero) is 1. The summed E-state index contributed by atoms with van der Waals surface area (Å²) in [6.45, 7) is 4.74. The summed E-state index contributed by atoms with van der Waals surface area (Å²) >= 11 is 0. The largest absolute Gasteiger partial charge is 0.387 e. The van der Waals surface area contributed by atoms with E-state index in [0.29, 0.717) is 24.2 Å². The lowest BCUT2D eigenvalue weighted by Gasteiger charge is -2.57. The summed E-state index contributed by atoms with van der Waals surface area (Å²) in [4.78, 5) is 12.2. The first-order valence-electron chi connectivity index (χ1n) is 10.6. The van der Waals surface area contributed by atoms with Crippen molar-refractivity contribution in [1.29, 1.82) is 0 Å². The van der Waals surface area contributed by atoms with E-state index in [0.717, 1.165) is 42.9 Å². The maximum atomic E-state index is 12.2. The van der Waals surface area contributed by atoms with E-state index < -0.39 is 5.60 Å². The van der Waals surface area contributed by atoms with Gasteiger partial charge in [-0.25, -0.2) is 0 Å². The fourth-order valence-electron chi connectivity index (χ4n) is 8.03. The quantitative estimate of drug-likeness (QED) is 0.830. The molecule has 4 fully saturated rings. The maximum absolute atomic E-state index is 12.2. The van der Waals surface area contributed by atoms with Crippen molar-refractivity contribution >= 4 is 5.78 Å². The molecule has 3 heteroatoms. The zero-order valence-electron chi connectivity index (χ0n) is 16.3. The number of methoxy groups -OCH3 is 1. The Morgan fingerprint density at radius 2 is 1.80 bits per heavy atom. The van der Waals surface area contributed by atoms with Gasteiger partial charge in [0.1, 0.15) is 5.78 Å². The molecule has 1 N–H and O–H groups in total. The number of hydrogen-bond acceptors (Lipinski definition) is 3. The maximum Gasteiger partial charge on any atom is 0.133 e. The van der Waals surface area contributed by atoms with Gasteiger partial charge >= 0.3 is 0 Å². The van der Waals surface area contributed by atoms with Crippen molar-refractivity contribution in [2.75, 3.05) is 13.7 Å². The first-order chi connectivity index (χ1) is 11.9. The highest BCUT2D eigenvalue weighted by Crippen LogP contribution is 2.64. The van der Waals surface area contributed by atoms with Crippen LogP contribution in [0.15, 0.2) is 0 Å². The van der Waals surface area contributed by atoms with Crippen LogP contribution in [-0.2, 0) is 9.53 Å². The summed E-state index contributed by atoms with van der Waals surface area (Å²) in [7, 11) is 1.70. The zero-order chi connectivity index (χ0) is 17.8. The molecule has 4 aliphatic carbocycles. The molecule has 0 aliphatic heterocycles. The highest BCUT2D eigenvalue weighted by molar-refractivity contribution is 5.79. The Hall–Kier alpha value is -0.410. The lowest BCUT2D eigenvalue weighted by atomic mass is 9.49. The Balaban J connectivity index is 1.51. The summed E-state index contributed by atoms with van der Waals surface area (Å²) in [5, 5.41) is 10.8. The molecule has 4 aliphatic rings. The molecule has 0 saturated heterocycles. The second-order valence-electron chi connectivity index (χ2n) is 10.1. The average Bonchev–Trinajstić information content (AvgIpc) is 2.91. The first-order valence-corrected chi connectivity index (χ1v) is 10.6. The Kier molecular flexibility index (Phi) is 4.56. The standard InChI is InChI=1S/C22H36O3/c1-14(23)19-6-7-20-18-5-4-15-12-22(24,13-25-3)11-9-16(15)17(18)8-10-21(19,20)2/h15-20,24H,4-13H2,1-3H3/t15-,16+,17-,18-,19-,20+,21-,22-/m1/s1. The van der Waals surface area contributed by atoms with E-state index in [4.69, 9.17) is 4.74 Å². The van der Waals surface area contributed by atoms with Crippen LogP contribution in [0, 0.1) is 40.9 Å². The summed E-state index contributed by atoms with van der Waals surface area (Å²) in [6, 6.07) is 0. The Morgan fingerprint density at radius 1 is 1.04 bits per heavy atom. The number of carbonyl (C=O) groups excluding carboxylic acids is 1. The predicted molar refractivity (Wildman–Crippen MR) is 98.1 cm³/mol. The van der Waals surface area contributed by atoms with E-state index in [9.17, 15) is 9.90 Å². The van der Waals surface area contributed by atoms with Gasteiger partial charge < -0.3 is 9.84 Å². The second kappa shape index (κ2) is 6.34. The minimum absolute atomic E-state index is 0.269. The number of ketones is 1. The van der Waals surface area contributed by atoms with Crippen LogP contribution in [0.5, 0.6) is 0 Å². The van der Waals surface area contributed by atoms with E-state index in [1.165, 1.54) is 38.5 Å². The van der Waals surface area contributed by atoms with Crippen LogP contribution in [0.3, 0.4) is 0 Å². The van der Waals surface area contributed by atoms with Crippen molar-refractivity contribution < 1.29 is 14.6 Å². The normalized spacial score (nSPS) is 52.2. The van der Waals surface area contributed by atoms with E-state index in [1.54, 1.807) is 7.11 Å². The Labute approximate surface area is 152 Å². The monoisotopic (exact) mass is 348 g/mol. The van der Waals surface area contributed by atoms with Crippen molar-refractivity contribution in [2.45, 2.75) is 77.2 Å². The molecular weight excluding hydrogens is 312 g/mol. The van der Waals surface area contributed by atoms with E-state index in [2.05, 4.69) is 6.92 Å². The van der Waals surface area contributed by atoms with Gasteiger partial charge in [-0.3, -0.25) is 4.79 Å². The first kappa shape index (κ1) is 18.0. The van der Waals surface area contributed by atoms with Gasteiger partial charge in [-0.1, -0.05) is 6.92 Å². The van der Waals surface area contributed by atoms with Gasteiger partial charge in [-0.05, 0) is 99.7 Å². The van der Waals surface area contributed by atoms with Gasteiger partial charge in [-0.15, -0.1) is 0 Å². The number of rotatable bonds is 3. The molecular formula is C22H36O3. The van der Waals surface area contributed by atoms with Crippen LogP contribution in [0.4, 0.5) is 0 Å². The topological polar surface area (TPSA) is 46.5 Å². The third-order valence-electron chi connectivity index (χ3n) is 9.01. The van der Waals surface area contributed by atoms with Crippen LogP contribution >= 0.6 is 0 Å². The summed E-state index contributed by atoms with van der Waals surface area (Å²) in [5.41, 5.74) is -0.315. The highest BCUT2D eigenvalue weighted by atomic mass is 16.5. The molecule has 0 aromatic carbocycles. The van der Waals surface area contributed by atoms with Crippen LogP contribution < -0.4 is 0 Å². The van der Waals surface area contributed by atoms with Gasteiger partial charge in [0.25, 0.3) is 0 Å². The third kappa shape index (κ3) is 2.81.